The first-order valence-corrected chi connectivity index (χ1v) is 9.87. The summed E-state index contributed by atoms with van der Waals surface area (Å²) in [7, 11) is 1.50. The van der Waals surface area contributed by atoms with Crippen molar-refractivity contribution in [2.24, 2.45) is 5.92 Å². The average Bonchev–Trinajstić information content (AvgIpc) is 2.62. The predicted octanol–water partition coefficient (Wildman–Crippen LogP) is 3.03. The molecule has 2 rings (SSSR count). The van der Waals surface area contributed by atoms with Crippen LogP contribution in [0.25, 0.3) is 0 Å². The topological polar surface area (TPSA) is 85.9 Å². The number of carbonyl (C=O) groups excluding carboxylic acids is 2. The molecule has 0 bridgehead atoms. The number of nitrogens with one attached hydrogen (secondary N) is 2. The highest BCUT2D eigenvalue weighted by atomic mass is 79.9. The van der Waals surface area contributed by atoms with Crippen LogP contribution >= 0.6 is 28.1 Å². The van der Waals surface area contributed by atoms with Gasteiger partial charge in [-0.05, 0) is 66.6 Å². The van der Waals surface area contributed by atoms with E-state index in [0.717, 1.165) is 5.56 Å². The number of carbonyl (C=O) groups is 2. The molecule has 7 nitrogen and oxygen atoms in total. The minimum Gasteiger partial charge on any atom is -0.493 e. The average molecular weight is 471 g/mol. The van der Waals surface area contributed by atoms with E-state index in [4.69, 9.17) is 26.4 Å². The molecule has 0 radical (unpaired) electrons. The van der Waals surface area contributed by atoms with Crippen molar-refractivity contribution in [1.29, 1.82) is 0 Å². The molecule has 0 amide bonds. The van der Waals surface area contributed by atoms with E-state index in [1.54, 1.807) is 26.0 Å². The van der Waals surface area contributed by atoms with E-state index in [0.29, 0.717) is 26.8 Å². The summed E-state index contributed by atoms with van der Waals surface area (Å²) >= 11 is 8.68. The molecule has 1 aromatic carbocycles. The lowest BCUT2D eigenvalue weighted by molar-refractivity contribution is -0.150. The molecule has 1 aromatic rings. The summed E-state index contributed by atoms with van der Waals surface area (Å²) in [6, 6.07) is 3.12. The fourth-order valence-electron chi connectivity index (χ4n) is 2.96. The molecule has 0 saturated carbocycles. The quantitative estimate of drug-likeness (QED) is 0.464. The number of thiocarbonyl (C=S) groups is 1. The highest BCUT2D eigenvalue weighted by Gasteiger charge is 2.35. The van der Waals surface area contributed by atoms with Gasteiger partial charge in [0.2, 0.25) is 0 Å². The lowest BCUT2D eigenvalue weighted by Crippen LogP contribution is -2.50. The second kappa shape index (κ2) is 9.38. The number of hydrogen-bond acceptors (Lipinski definition) is 6. The van der Waals surface area contributed by atoms with Crippen LogP contribution in [0.2, 0.25) is 0 Å². The molecular formula is C19H23BrN2O5S. The SMILES string of the molecule is C=C1NC(=S)N[C@H](c2cc(Br)c(O[C@@H](C)C(=O)OCC)c(OC)c2)[C@@H]1C(C)=O. The Labute approximate surface area is 177 Å². The van der Waals surface area contributed by atoms with Gasteiger partial charge < -0.3 is 24.8 Å². The number of Topliss-reactive ketones (excluding diaryl/α,β-unsaturated/α-hetero) is 1. The lowest BCUT2D eigenvalue weighted by Gasteiger charge is -2.35. The summed E-state index contributed by atoms with van der Waals surface area (Å²) in [6.45, 7) is 9.02. The van der Waals surface area contributed by atoms with Crippen molar-refractivity contribution < 1.29 is 23.8 Å². The third kappa shape index (κ3) is 4.82. The van der Waals surface area contributed by atoms with E-state index >= 15 is 0 Å². The minimum absolute atomic E-state index is 0.0520. The molecule has 152 valence electrons. The van der Waals surface area contributed by atoms with Gasteiger partial charge in [-0.3, -0.25) is 4.79 Å². The highest BCUT2D eigenvalue weighted by Crippen LogP contribution is 2.41. The van der Waals surface area contributed by atoms with Gasteiger partial charge in [0, 0.05) is 5.70 Å². The molecule has 1 aliphatic heterocycles. The zero-order chi connectivity index (χ0) is 21.0. The molecule has 0 unspecified atom stereocenters. The molecule has 2 N–H and O–H groups in total. The first kappa shape index (κ1) is 22.2. The van der Waals surface area contributed by atoms with Crippen LogP contribution in [0.3, 0.4) is 0 Å². The standard InChI is InChI=1S/C19H23BrN2O5S/c1-6-26-18(24)11(4)27-17-13(20)7-12(8-14(17)25-5)16-15(10(3)23)9(2)21-19(28)22-16/h7-8,11,15-16H,2,6H2,1,3-5H3,(H2,21,22,28)/t11-,15-,16+/m0/s1. The first-order valence-electron chi connectivity index (χ1n) is 8.67. The third-order valence-electron chi connectivity index (χ3n) is 4.23. The molecule has 1 heterocycles. The number of methoxy groups -OCH3 is 1. The lowest BCUT2D eigenvalue weighted by atomic mass is 9.86. The predicted molar refractivity (Wildman–Crippen MR) is 112 cm³/mol. The molecule has 3 atom stereocenters. The van der Waals surface area contributed by atoms with Crippen LogP contribution in [0, 0.1) is 5.92 Å². The van der Waals surface area contributed by atoms with Crippen molar-refractivity contribution in [2.45, 2.75) is 32.9 Å². The minimum atomic E-state index is -0.815. The number of hydrogen-bond donors (Lipinski definition) is 2. The molecule has 1 aliphatic rings. The van der Waals surface area contributed by atoms with Crippen LogP contribution in [0.4, 0.5) is 0 Å². The van der Waals surface area contributed by atoms with Crippen LogP contribution in [0.15, 0.2) is 28.9 Å². The van der Waals surface area contributed by atoms with E-state index < -0.39 is 24.0 Å². The van der Waals surface area contributed by atoms with E-state index in [1.807, 2.05) is 0 Å². The van der Waals surface area contributed by atoms with E-state index in [2.05, 4.69) is 33.1 Å². The van der Waals surface area contributed by atoms with Gasteiger partial charge in [0.05, 0.1) is 30.1 Å². The van der Waals surface area contributed by atoms with Crippen molar-refractivity contribution in [3.05, 3.63) is 34.4 Å². The van der Waals surface area contributed by atoms with Crippen molar-refractivity contribution in [2.75, 3.05) is 13.7 Å². The normalized spacial score (nSPS) is 19.9. The molecule has 9 heteroatoms. The summed E-state index contributed by atoms with van der Waals surface area (Å²) < 4.78 is 16.7. The van der Waals surface area contributed by atoms with Crippen LogP contribution in [0.5, 0.6) is 11.5 Å². The van der Waals surface area contributed by atoms with E-state index in [-0.39, 0.29) is 12.4 Å². The summed E-state index contributed by atoms with van der Waals surface area (Å²) in [6.07, 6.45) is -0.815. The zero-order valence-corrected chi connectivity index (χ0v) is 18.5. The second-order valence-corrected chi connectivity index (χ2v) is 7.50. The third-order valence-corrected chi connectivity index (χ3v) is 5.04. The van der Waals surface area contributed by atoms with E-state index in [1.165, 1.54) is 14.0 Å². The maximum absolute atomic E-state index is 12.2. The summed E-state index contributed by atoms with van der Waals surface area (Å²) in [4.78, 5) is 24.1. The molecule has 0 aliphatic carbocycles. The maximum Gasteiger partial charge on any atom is 0.347 e. The van der Waals surface area contributed by atoms with Crippen LogP contribution in [-0.4, -0.2) is 36.7 Å². The number of rotatable bonds is 7. The van der Waals surface area contributed by atoms with Crippen LogP contribution < -0.4 is 20.1 Å². The van der Waals surface area contributed by atoms with Crippen molar-refractivity contribution in [1.82, 2.24) is 10.6 Å². The molecule has 1 fully saturated rings. The van der Waals surface area contributed by atoms with Crippen molar-refractivity contribution in [3.63, 3.8) is 0 Å². The van der Waals surface area contributed by atoms with Gasteiger partial charge in [0.25, 0.3) is 0 Å². The van der Waals surface area contributed by atoms with Crippen LogP contribution in [0.1, 0.15) is 32.4 Å². The van der Waals surface area contributed by atoms with Crippen LogP contribution in [-0.2, 0) is 14.3 Å². The van der Waals surface area contributed by atoms with E-state index in [9.17, 15) is 9.59 Å². The summed E-state index contributed by atoms with van der Waals surface area (Å²) in [5, 5.41) is 6.40. The molecule has 0 aromatic heterocycles. The zero-order valence-electron chi connectivity index (χ0n) is 16.1. The van der Waals surface area contributed by atoms with Gasteiger partial charge in [-0.25, -0.2) is 4.79 Å². The Morgan fingerprint density at radius 1 is 1.39 bits per heavy atom. The Kier molecular flexibility index (Phi) is 7.42. The summed E-state index contributed by atoms with van der Waals surface area (Å²) in [5.74, 6) is -0.266. The highest BCUT2D eigenvalue weighted by molar-refractivity contribution is 9.10. The van der Waals surface area contributed by atoms with Crippen molar-refractivity contribution in [3.8, 4) is 11.5 Å². The Balaban J connectivity index is 2.41. The number of halogens is 1. The molecular weight excluding hydrogens is 448 g/mol. The maximum atomic E-state index is 12.2. The second-order valence-electron chi connectivity index (χ2n) is 6.24. The smallest absolute Gasteiger partial charge is 0.347 e. The summed E-state index contributed by atoms with van der Waals surface area (Å²) in [5.41, 5.74) is 1.29. The monoisotopic (exact) mass is 470 g/mol. The van der Waals surface area contributed by atoms with Gasteiger partial charge in [0.1, 0.15) is 5.78 Å². The fourth-order valence-corrected chi connectivity index (χ4v) is 3.77. The molecule has 1 saturated heterocycles. The van der Waals surface area contributed by atoms with Gasteiger partial charge in [-0.15, -0.1) is 0 Å². The number of benzene rings is 1. The number of esters is 1. The molecule has 0 spiro atoms. The Morgan fingerprint density at radius 2 is 2.07 bits per heavy atom. The van der Waals surface area contributed by atoms with Crippen molar-refractivity contribution >= 4 is 45.0 Å². The number of ketones is 1. The fraction of sp³-hybridized carbons (Fsp3) is 0.421. The first-order chi connectivity index (χ1) is 13.2. The Hall–Kier alpha value is -2.13. The Morgan fingerprint density at radius 3 is 2.64 bits per heavy atom. The number of ether oxygens (including phenoxy) is 3. The van der Waals surface area contributed by atoms with Gasteiger partial charge in [0.15, 0.2) is 22.7 Å². The Bertz CT molecular complexity index is 814. The van der Waals surface area contributed by atoms with Gasteiger partial charge >= 0.3 is 5.97 Å². The largest absolute Gasteiger partial charge is 0.493 e. The van der Waals surface area contributed by atoms with Gasteiger partial charge in [-0.2, -0.15) is 0 Å². The molecule has 28 heavy (non-hydrogen) atoms. The van der Waals surface area contributed by atoms with Gasteiger partial charge in [-0.1, -0.05) is 6.58 Å².